The van der Waals surface area contributed by atoms with Gasteiger partial charge in [0, 0.05) is 6.61 Å². The highest BCUT2D eigenvalue weighted by molar-refractivity contribution is 7.80. The Bertz CT molecular complexity index is 698. The molecule has 0 saturated carbocycles. The van der Waals surface area contributed by atoms with Crippen LogP contribution < -0.4 is 10.6 Å². The molecule has 27 heavy (non-hydrogen) atoms. The molecule has 1 saturated heterocycles. The van der Waals surface area contributed by atoms with E-state index >= 15 is 0 Å². The average Bonchev–Trinajstić information content (AvgIpc) is 3.23. The fourth-order valence-electron chi connectivity index (χ4n) is 2.88. The number of hydrogen-bond acceptors (Lipinski definition) is 7. The first-order chi connectivity index (χ1) is 12.9. The summed E-state index contributed by atoms with van der Waals surface area (Å²) in [6, 6.07) is 0.0316. The maximum absolute atomic E-state index is 12.4. The summed E-state index contributed by atoms with van der Waals surface area (Å²) in [5, 5.41) is 7.05. The number of nitrogens with one attached hydrogen (secondary N) is 2. The topological polar surface area (TPSA) is 85.9 Å². The molecule has 0 unspecified atom stereocenters. The van der Waals surface area contributed by atoms with Crippen molar-refractivity contribution in [2.45, 2.75) is 52.7 Å². The Balaban J connectivity index is 2.19. The Morgan fingerprint density at radius 1 is 1.30 bits per heavy atom. The summed E-state index contributed by atoms with van der Waals surface area (Å²) in [5.74, 6) is -0.968. The maximum Gasteiger partial charge on any atom is 0.348 e. The van der Waals surface area contributed by atoms with Gasteiger partial charge in [0.2, 0.25) is 0 Å². The molecule has 2 heterocycles. The van der Waals surface area contributed by atoms with Crippen molar-refractivity contribution in [2.24, 2.45) is 0 Å². The van der Waals surface area contributed by atoms with Crippen LogP contribution in [0.3, 0.4) is 0 Å². The fraction of sp³-hybridized carbons (Fsp3) is 0.611. The number of hydrogen-bond donors (Lipinski definition) is 2. The second-order valence-corrected chi connectivity index (χ2v) is 7.57. The number of thiocarbonyl (C=S) groups is 1. The fourth-order valence-corrected chi connectivity index (χ4v) is 4.32. The van der Waals surface area contributed by atoms with Gasteiger partial charge in [0.15, 0.2) is 5.11 Å². The second kappa shape index (κ2) is 10.0. The van der Waals surface area contributed by atoms with E-state index in [0.29, 0.717) is 26.1 Å². The van der Waals surface area contributed by atoms with Gasteiger partial charge < -0.3 is 24.8 Å². The number of carbonyl (C=O) groups excluding carboxylic acids is 2. The SMILES string of the molecule is CCOC(=O)c1sc(NC(=S)N[C@H](C)[C@@H]2CCCO2)c(C(=O)OCC)c1C. The van der Waals surface area contributed by atoms with Crippen molar-refractivity contribution in [1.29, 1.82) is 0 Å². The van der Waals surface area contributed by atoms with Gasteiger partial charge in [-0.3, -0.25) is 0 Å². The molecule has 9 heteroatoms. The molecule has 0 aromatic carbocycles. The molecule has 0 spiro atoms. The Labute approximate surface area is 168 Å². The number of anilines is 1. The molecule has 0 bridgehead atoms. The van der Waals surface area contributed by atoms with Crippen LogP contribution >= 0.6 is 23.6 Å². The van der Waals surface area contributed by atoms with Crippen LogP contribution in [-0.4, -0.2) is 49.0 Å². The summed E-state index contributed by atoms with van der Waals surface area (Å²) < 4.78 is 15.9. The monoisotopic (exact) mass is 414 g/mol. The average molecular weight is 415 g/mol. The van der Waals surface area contributed by atoms with Crippen LogP contribution in [0.5, 0.6) is 0 Å². The van der Waals surface area contributed by atoms with E-state index < -0.39 is 11.9 Å². The Morgan fingerprint density at radius 3 is 2.56 bits per heavy atom. The lowest BCUT2D eigenvalue weighted by atomic mass is 10.1. The first-order valence-electron chi connectivity index (χ1n) is 9.05. The predicted molar refractivity (Wildman–Crippen MR) is 109 cm³/mol. The van der Waals surface area contributed by atoms with Gasteiger partial charge in [-0.15, -0.1) is 11.3 Å². The molecule has 0 radical (unpaired) electrons. The summed E-state index contributed by atoms with van der Waals surface area (Å²) in [7, 11) is 0. The van der Waals surface area contributed by atoms with E-state index in [4.69, 9.17) is 26.4 Å². The highest BCUT2D eigenvalue weighted by atomic mass is 32.1. The quantitative estimate of drug-likeness (QED) is 0.519. The minimum absolute atomic E-state index is 0.0316. The lowest BCUT2D eigenvalue weighted by Crippen LogP contribution is -2.42. The van der Waals surface area contributed by atoms with Gasteiger partial charge >= 0.3 is 11.9 Å². The third-order valence-corrected chi connectivity index (χ3v) is 5.60. The zero-order valence-corrected chi connectivity index (χ0v) is 17.7. The maximum atomic E-state index is 12.4. The minimum atomic E-state index is -0.501. The summed E-state index contributed by atoms with van der Waals surface area (Å²) in [5.41, 5.74) is 0.827. The molecule has 2 atom stereocenters. The van der Waals surface area contributed by atoms with Crippen molar-refractivity contribution in [3.8, 4) is 0 Å². The first kappa shape index (κ1) is 21.6. The molecule has 1 aromatic rings. The van der Waals surface area contributed by atoms with E-state index in [0.717, 1.165) is 30.8 Å². The normalized spacial score (nSPS) is 17.3. The Kier molecular flexibility index (Phi) is 8.00. The molecule has 1 aliphatic heterocycles. The molecule has 7 nitrogen and oxygen atoms in total. The predicted octanol–water partition coefficient (Wildman–Crippen LogP) is 3.26. The van der Waals surface area contributed by atoms with Crippen LogP contribution in [-0.2, 0) is 14.2 Å². The molecule has 150 valence electrons. The summed E-state index contributed by atoms with van der Waals surface area (Å²) in [4.78, 5) is 25.0. The van der Waals surface area contributed by atoms with Crippen molar-refractivity contribution in [1.82, 2.24) is 5.32 Å². The van der Waals surface area contributed by atoms with E-state index in [2.05, 4.69) is 10.6 Å². The molecule has 1 aromatic heterocycles. The second-order valence-electron chi connectivity index (χ2n) is 6.14. The zero-order chi connectivity index (χ0) is 20.0. The molecular weight excluding hydrogens is 388 g/mol. The molecule has 1 fully saturated rings. The van der Waals surface area contributed by atoms with E-state index in [-0.39, 0.29) is 25.4 Å². The van der Waals surface area contributed by atoms with Gasteiger partial charge in [-0.2, -0.15) is 0 Å². The van der Waals surface area contributed by atoms with Crippen LogP contribution in [0.25, 0.3) is 0 Å². The highest BCUT2D eigenvalue weighted by Gasteiger charge is 2.28. The minimum Gasteiger partial charge on any atom is -0.462 e. The zero-order valence-electron chi connectivity index (χ0n) is 16.0. The number of ether oxygens (including phenoxy) is 3. The molecule has 0 aliphatic carbocycles. The van der Waals surface area contributed by atoms with Crippen LogP contribution in [0.4, 0.5) is 5.00 Å². The van der Waals surface area contributed by atoms with Crippen LogP contribution in [0, 0.1) is 6.92 Å². The third-order valence-electron chi connectivity index (χ3n) is 4.20. The van der Waals surface area contributed by atoms with Crippen molar-refractivity contribution < 1.29 is 23.8 Å². The van der Waals surface area contributed by atoms with Gasteiger partial charge in [0.25, 0.3) is 0 Å². The number of thiophene rings is 1. The van der Waals surface area contributed by atoms with E-state index in [1.54, 1.807) is 20.8 Å². The van der Waals surface area contributed by atoms with Gasteiger partial charge in [-0.1, -0.05) is 0 Å². The van der Waals surface area contributed by atoms with Gasteiger partial charge in [0.05, 0.1) is 30.9 Å². The summed E-state index contributed by atoms with van der Waals surface area (Å²) in [6.07, 6.45) is 2.13. The van der Waals surface area contributed by atoms with Crippen molar-refractivity contribution >= 4 is 45.6 Å². The lowest BCUT2D eigenvalue weighted by molar-refractivity contribution is 0.0527. The van der Waals surface area contributed by atoms with Crippen LogP contribution in [0.15, 0.2) is 0 Å². The molecule has 2 N–H and O–H groups in total. The molecule has 1 aliphatic rings. The summed E-state index contributed by atoms with van der Waals surface area (Å²) >= 11 is 6.52. The molecular formula is C18H26N2O5S2. The lowest BCUT2D eigenvalue weighted by Gasteiger charge is -2.21. The van der Waals surface area contributed by atoms with Gasteiger partial charge in [-0.25, -0.2) is 9.59 Å². The molecule has 0 amide bonds. The van der Waals surface area contributed by atoms with E-state index in [9.17, 15) is 9.59 Å². The highest BCUT2D eigenvalue weighted by Crippen LogP contribution is 2.34. The van der Waals surface area contributed by atoms with Gasteiger partial charge in [0.1, 0.15) is 9.88 Å². The van der Waals surface area contributed by atoms with Crippen LogP contribution in [0.1, 0.15) is 59.2 Å². The Hall–Kier alpha value is -1.71. The smallest absolute Gasteiger partial charge is 0.348 e. The third kappa shape index (κ3) is 5.40. The first-order valence-corrected chi connectivity index (χ1v) is 10.3. The standard InChI is InChI=1S/C18H26N2O5S2/c1-5-23-16(21)13-10(3)14(17(22)24-6-2)27-15(13)20-18(26)19-11(4)12-8-7-9-25-12/h11-12H,5-9H2,1-4H3,(H2,19,20,26)/t11-,12+/m1/s1. The van der Waals surface area contributed by atoms with Crippen molar-refractivity contribution in [2.75, 3.05) is 25.1 Å². The number of carbonyl (C=O) groups is 2. The van der Waals surface area contributed by atoms with Crippen molar-refractivity contribution in [3.63, 3.8) is 0 Å². The van der Waals surface area contributed by atoms with E-state index in [1.165, 1.54) is 0 Å². The van der Waals surface area contributed by atoms with Crippen LogP contribution in [0.2, 0.25) is 0 Å². The number of rotatable bonds is 7. The Morgan fingerprint density at radius 2 is 1.96 bits per heavy atom. The summed E-state index contributed by atoms with van der Waals surface area (Å²) in [6.45, 7) is 8.42. The van der Waals surface area contributed by atoms with E-state index in [1.807, 2.05) is 6.92 Å². The van der Waals surface area contributed by atoms with Crippen molar-refractivity contribution in [3.05, 3.63) is 16.0 Å². The number of esters is 2. The largest absolute Gasteiger partial charge is 0.462 e. The van der Waals surface area contributed by atoms with Gasteiger partial charge in [-0.05, 0) is 58.3 Å². The molecule has 2 rings (SSSR count).